The Balaban J connectivity index is 2.01. The van der Waals surface area contributed by atoms with Crippen molar-refractivity contribution in [3.63, 3.8) is 0 Å². The summed E-state index contributed by atoms with van der Waals surface area (Å²) in [5.74, 6) is 0.692. The van der Waals surface area contributed by atoms with Crippen LogP contribution in [-0.2, 0) is 4.79 Å². The molecular formula is C19H30ClN5O. The molecule has 1 aromatic rings. The maximum Gasteiger partial charge on any atom is 0.243 e. The zero-order chi connectivity index (χ0) is 18.9. The number of rotatable bonds is 6. The molecule has 1 atom stereocenters. The van der Waals surface area contributed by atoms with Gasteiger partial charge >= 0.3 is 0 Å². The number of guanidine groups is 1. The summed E-state index contributed by atoms with van der Waals surface area (Å²) < 4.78 is 0. The molecule has 1 unspecified atom stereocenters. The number of nitrogens with zero attached hydrogens (tertiary/aromatic N) is 3. The number of halogens is 1. The van der Waals surface area contributed by atoms with Gasteiger partial charge in [-0.25, -0.2) is 4.99 Å². The van der Waals surface area contributed by atoms with Crippen molar-refractivity contribution < 1.29 is 4.79 Å². The smallest absolute Gasteiger partial charge is 0.243 e. The molecule has 1 fully saturated rings. The molecule has 0 saturated carbocycles. The fourth-order valence-corrected chi connectivity index (χ4v) is 3.15. The van der Waals surface area contributed by atoms with Crippen LogP contribution in [0.5, 0.6) is 0 Å². The van der Waals surface area contributed by atoms with Gasteiger partial charge in [0.15, 0.2) is 5.96 Å². The van der Waals surface area contributed by atoms with Crippen molar-refractivity contribution in [2.45, 2.75) is 32.2 Å². The molecular weight excluding hydrogens is 350 g/mol. The number of hydrogen-bond acceptors (Lipinski definition) is 3. The molecule has 0 radical (unpaired) electrons. The van der Waals surface area contributed by atoms with Gasteiger partial charge in [-0.2, -0.15) is 0 Å². The fourth-order valence-electron chi connectivity index (χ4n) is 2.90. The summed E-state index contributed by atoms with van der Waals surface area (Å²) in [5, 5.41) is 7.57. The zero-order valence-corrected chi connectivity index (χ0v) is 16.7. The summed E-state index contributed by atoms with van der Waals surface area (Å²) in [4.78, 5) is 20.1. The normalized spacial score (nSPS) is 17.8. The average molecular weight is 380 g/mol. The Bertz CT molecular complexity index is 620. The number of piperidine rings is 1. The van der Waals surface area contributed by atoms with Crippen LogP contribution in [0.4, 0.5) is 5.69 Å². The summed E-state index contributed by atoms with van der Waals surface area (Å²) in [6.07, 6.45) is 3.15. The molecule has 2 rings (SSSR count). The fraction of sp³-hybridized carbons (Fsp3) is 0.579. The van der Waals surface area contributed by atoms with E-state index < -0.39 is 0 Å². The molecule has 0 bridgehead atoms. The monoisotopic (exact) mass is 379 g/mol. The van der Waals surface area contributed by atoms with Crippen LogP contribution in [0.1, 0.15) is 26.2 Å². The second-order valence-corrected chi connectivity index (χ2v) is 7.17. The molecule has 1 aliphatic heterocycles. The van der Waals surface area contributed by atoms with E-state index >= 15 is 0 Å². The van der Waals surface area contributed by atoms with E-state index in [0.717, 1.165) is 49.6 Å². The summed E-state index contributed by atoms with van der Waals surface area (Å²) in [6.45, 7) is 4.93. The highest BCUT2D eigenvalue weighted by Crippen LogP contribution is 2.27. The van der Waals surface area contributed by atoms with Gasteiger partial charge in [-0.05, 0) is 31.4 Å². The first-order valence-corrected chi connectivity index (χ1v) is 9.63. The number of carbonyl (C=O) groups is 1. The van der Waals surface area contributed by atoms with E-state index in [0.29, 0.717) is 5.96 Å². The highest BCUT2D eigenvalue weighted by molar-refractivity contribution is 6.33. The van der Waals surface area contributed by atoms with Gasteiger partial charge in [0.25, 0.3) is 0 Å². The second kappa shape index (κ2) is 10.3. The van der Waals surface area contributed by atoms with Crippen LogP contribution in [0, 0.1) is 0 Å². The van der Waals surface area contributed by atoms with Crippen molar-refractivity contribution in [2.75, 3.05) is 45.2 Å². The number of para-hydroxylation sites is 1. The van der Waals surface area contributed by atoms with Crippen LogP contribution < -0.4 is 15.5 Å². The van der Waals surface area contributed by atoms with Crippen molar-refractivity contribution in [1.29, 1.82) is 0 Å². The first kappa shape index (κ1) is 20.4. The topological polar surface area (TPSA) is 60.0 Å². The molecule has 1 aromatic carbocycles. The van der Waals surface area contributed by atoms with Crippen molar-refractivity contribution in [1.82, 2.24) is 15.5 Å². The minimum atomic E-state index is -0.0102. The summed E-state index contributed by atoms with van der Waals surface area (Å²) in [5.41, 5.74) is 1.07. The van der Waals surface area contributed by atoms with Gasteiger partial charge in [-0.3, -0.25) is 4.79 Å². The highest BCUT2D eigenvalue weighted by Gasteiger charge is 2.22. The number of anilines is 1. The van der Waals surface area contributed by atoms with E-state index in [-0.39, 0.29) is 18.5 Å². The number of likely N-dealkylation sites (N-methyl/N-ethyl adjacent to an activating group) is 1. The van der Waals surface area contributed by atoms with E-state index in [2.05, 4.69) is 33.5 Å². The number of hydrogen-bond donors (Lipinski definition) is 2. The third kappa shape index (κ3) is 6.09. The molecule has 1 amide bonds. The van der Waals surface area contributed by atoms with Crippen molar-refractivity contribution >= 4 is 29.2 Å². The molecule has 144 valence electrons. The van der Waals surface area contributed by atoms with Crippen LogP contribution in [0.25, 0.3) is 0 Å². The lowest BCUT2D eigenvalue weighted by Gasteiger charge is -2.35. The number of benzene rings is 1. The standard InChI is InChI=1S/C19H30ClN5O/c1-4-11-21-19(22-13-18(26)24(2)3)23-15-8-7-12-25(14-15)17-10-6-5-9-16(17)20/h5-6,9-10,15H,4,7-8,11-14H2,1-3H3,(H2,21,22,23). The van der Waals surface area contributed by atoms with E-state index in [1.165, 1.54) is 0 Å². The maximum atomic E-state index is 11.8. The second-order valence-electron chi connectivity index (χ2n) is 6.76. The lowest BCUT2D eigenvalue weighted by molar-refractivity contribution is -0.127. The van der Waals surface area contributed by atoms with Crippen LogP contribution >= 0.6 is 11.6 Å². The Morgan fingerprint density at radius 3 is 2.85 bits per heavy atom. The molecule has 0 aromatic heterocycles. The molecule has 0 aliphatic carbocycles. The van der Waals surface area contributed by atoms with E-state index in [9.17, 15) is 4.79 Å². The van der Waals surface area contributed by atoms with Gasteiger partial charge in [0.05, 0.1) is 10.7 Å². The SMILES string of the molecule is CCCNC(=NCC(=O)N(C)C)NC1CCCN(c2ccccc2Cl)C1. The molecule has 26 heavy (non-hydrogen) atoms. The lowest BCUT2D eigenvalue weighted by Crippen LogP contribution is -2.51. The number of nitrogens with one attached hydrogen (secondary N) is 2. The van der Waals surface area contributed by atoms with E-state index in [1.54, 1.807) is 19.0 Å². The predicted molar refractivity (Wildman–Crippen MR) is 109 cm³/mol. The molecule has 1 saturated heterocycles. The predicted octanol–water partition coefficient (Wildman–Crippen LogP) is 2.34. The largest absolute Gasteiger partial charge is 0.368 e. The van der Waals surface area contributed by atoms with Crippen LogP contribution in [0.2, 0.25) is 5.02 Å². The molecule has 7 heteroatoms. The number of amides is 1. The number of carbonyl (C=O) groups excluding carboxylic acids is 1. The Morgan fingerprint density at radius 2 is 2.15 bits per heavy atom. The Kier molecular flexibility index (Phi) is 8.04. The van der Waals surface area contributed by atoms with E-state index in [1.807, 2.05) is 18.2 Å². The third-order valence-electron chi connectivity index (χ3n) is 4.37. The van der Waals surface area contributed by atoms with Crippen molar-refractivity contribution in [3.05, 3.63) is 29.3 Å². The van der Waals surface area contributed by atoms with Crippen LogP contribution in [-0.4, -0.2) is 63.1 Å². The minimum Gasteiger partial charge on any atom is -0.368 e. The van der Waals surface area contributed by atoms with Crippen LogP contribution in [0.3, 0.4) is 0 Å². The first-order chi connectivity index (χ1) is 12.5. The molecule has 1 aliphatic rings. The van der Waals surface area contributed by atoms with Gasteiger partial charge in [0.2, 0.25) is 5.91 Å². The Morgan fingerprint density at radius 1 is 1.38 bits per heavy atom. The lowest BCUT2D eigenvalue weighted by atomic mass is 10.0. The highest BCUT2D eigenvalue weighted by atomic mass is 35.5. The van der Waals surface area contributed by atoms with Gasteiger partial charge in [0, 0.05) is 39.8 Å². The minimum absolute atomic E-state index is 0.0102. The van der Waals surface area contributed by atoms with Crippen molar-refractivity contribution in [3.8, 4) is 0 Å². The summed E-state index contributed by atoms with van der Waals surface area (Å²) in [6, 6.07) is 8.21. The first-order valence-electron chi connectivity index (χ1n) is 9.25. The summed E-state index contributed by atoms with van der Waals surface area (Å²) in [7, 11) is 3.49. The zero-order valence-electron chi connectivity index (χ0n) is 16.0. The molecule has 2 N–H and O–H groups in total. The van der Waals surface area contributed by atoms with Gasteiger partial charge in [-0.1, -0.05) is 30.7 Å². The van der Waals surface area contributed by atoms with Gasteiger partial charge in [0.1, 0.15) is 6.54 Å². The van der Waals surface area contributed by atoms with E-state index in [4.69, 9.17) is 11.6 Å². The van der Waals surface area contributed by atoms with Crippen LogP contribution in [0.15, 0.2) is 29.3 Å². The van der Waals surface area contributed by atoms with Gasteiger partial charge in [-0.15, -0.1) is 0 Å². The molecule has 6 nitrogen and oxygen atoms in total. The van der Waals surface area contributed by atoms with Crippen molar-refractivity contribution in [2.24, 2.45) is 4.99 Å². The Hall–Kier alpha value is -1.95. The third-order valence-corrected chi connectivity index (χ3v) is 4.69. The quantitative estimate of drug-likeness (QED) is 0.588. The van der Waals surface area contributed by atoms with Gasteiger partial charge < -0.3 is 20.4 Å². The Labute approximate surface area is 161 Å². The summed E-state index contributed by atoms with van der Waals surface area (Å²) >= 11 is 6.35. The maximum absolute atomic E-state index is 11.8. The average Bonchev–Trinajstić information content (AvgIpc) is 2.64. The number of aliphatic imine (C=N–C) groups is 1. The molecule has 0 spiro atoms. The molecule has 1 heterocycles.